The first kappa shape index (κ1) is 21.0. The van der Waals surface area contributed by atoms with Crippen LogP contribution in [-0.2, 0) is 17.6 Å². The molecule has 1 aromatic heterocycles. The van der Waals surface area contributed by atoms with Crippen molar-refractivity contribution in [2.24, 2.45) is 0 Å². The van der Waals surface area contributed by atoms with Crippen molar-refractivity contribution in [3.8, 4) is 11.5 Å². The van der Waals surface area contributed by atoms with Gasteiger partial charge in [0, 0.05) is 63.7 Å². The van der Waals surface area contributed by atoms with Crippen LogP contribution < -0.4 is 14.4 Å². The van der Waals surface area contributed by atoms with E-state index in [1.807, 2.05) is 35.4 Å². The molecule has 0 atom stereocenters. The summed E-state index contributed by atoms with van der Waals surface area (Å²) in [5.74, 6) is 2.30. The first-order chi connectivity index (χ1) is 16.7. The van der Waals surface area contributed by atoms with Gasteiger partial charge in [-0.25, -0.2) is 9.97 Å². The lowest BCUT2D eigenvalue weighted by atomic mass is 10.0. The van der Waals surface area contributed by atoms with Crippen LogP contribution in [0.5, 0.6) is 11.5 Å². The zero-order valence-corrected chi connectivity index (χ0v) is 19.3. The smallest absolute Gasteiger partial charge is 0.246 e. The molecule has 1 aliphatic carbocycles. The number of fused-ring (bicyclic) bond motifs is 2. The Morgan fingerprint density at radius 2 is 1.74 bits per heavy atom. The van der Waals surface area contributed by atoms with Crippen LogP contribution in [0.4, 0.5) is 5.95 Å². The van der Waals surface area contributed by atoms with Gasteiger partial charge in [0.1, 0.15) is 0 Å². The van der Waals surface area contributed by atoms with Crippen molar-refractivity contribution in [2.75, 3.05) is 51.0 Å². The Morgan fingerprint density at radius 1 is 0.941 bits per heavy atom. The summed E-state index contributed by atoms with van der Waals surface area (Å²) in [5, 5.41) is 0. The molecule has 0 N–H and O–H groups in total. The average Bonchev–Trinajstić information content (AvgIpc) is 3.20. The van der Waals surface area contributed by atoms with E-state index in [1.54, 1.807) is 6.08 Å². The molecule has 3 aliphatic heterocycles. The molecule has 0 radical (unpaired) electrons. The second-order valence-corrected chi connectivity index (χ2v) is 9.12. The molecule has 34 heavy (non-hydrogen) atoms. The Morgan fingerprint density at radius 3 is 2.56 bits per heavy atom. The molecule has 1 amide bonds. The number of anilines is 1. The van der Waals surface area contributed by atoms with Gasteiger partial charge in [0.15, 0.2) is 11.5 Å². The van der Waals surface area contributed by atoms with Gasteiger partial charge in [-0.15, -0.1) is 0 Å². The summed E-state index contributed by atoms with van der Waals surface area (Å²) in [5.41, 5.74) is 4.64. The highest BCUT2D eigenvalue weighted by Gasteiger charge is 2.24. The van der Waals surface area contributed by atoms with Crippen LogP contribution in [0.15, 0.2) is 42.2 Å². The minimum Gasteiger partial charge on any atom is -0.454 e. The number of carbonyl (C=O) groups excluding carboxylic acids is 1. The number of rotatable bonds is 4. The van der Waals surface area contributed by atoms with Gasteiger partial charge in [-0.2, -0.15) is 0 Å². The normalized spacial score (nSPS) is 19.5. The van der Waals surface area contributed by atoms with Gasteiger partial charge >= 0.3 is 0 Å². The first-order valence-corrected chi connectivity index (χ1v) is 12.1. The van der Waals surface area contributed by atoms with Gasteiger partial charge < -0.3 is 24.2 Å². The van der Waals surface area contributed by atoms with Gasteiger partial charge in [0.2, 0.25) is 18.6 Å². The molecule has 1 aromatic carbocycles. The van der Waals surface area contributed by atoms with Crippen LogP contribution in [0.2, 0.25) is 0 Å². The van der Waals surface area contributed by atoms with E-state index in [2.05, 4.69) is 20.9 Å². The molecule has 4 heterocycles. The predicted molar refractivity (Wildman–Crippen MR) is 129 cm³/mol. The molecule has 6 rings (SSSR count). The number of hydrogen-bond acceptors (Lipinski definition) is 7. The van der Waals surface area contributed by atoms with Crippen molar-refractivity contribution >= 4 is 17.9 Å². The van der Waals surface area contributed by atoms with E-state index in [9.17, 15) is 4.79 Å². The summed E-state index contributed by atoms with van der Waals surface area (Å²) in [6, 6.07) is 5.69. The Bertz CT molecular complexity index is 1150. The molecule has 1 fully saturated rings. The molecule has 2 aromatic rings. The minimum atomic E-state index is 0.0140. The number of piperazine rings is 1. The lowest BCUT2D eigenvalue weighted by molar-refractivity contribution is -0.125. The lowest BCUT2D eigenvalue weighted by Gasteiger charge is -2.39. The number of carbonyl (C=O) groups is 1. The van der Waals surface area contributed by atoms with E-state index in [4.69, 9.17) is 14.5 Å². The third-order valence-electron chi connectivity index (χ3n) is 7.09. The monoisotopic (exact) mass is 459 g/mol. The van der Waals surface area contributed by atoms with Crippen LogP contribution in [0.1, 0.15) is 29.7 Å². The van der Waals surface area contributed by atoms with E-state index in [-0.39, 0.29) is 12.7 Å². The van der Waals surface area contributed by atoms with E-state index < -0.39 is 0 Å². The maximum Gasteiger partial charge on any atom is 0.246 e. The topological polar surface area (TPSA) is 71.0 Å². The Labute approximate surface area is 199 Å². The molecular formula is C26H29N5O3. The number of nitrogens with zero attached hydrogens (tertiary/aromatic N) is 5. The SMILES string of the molecule is O=C(/C=C/c1ccc2c(c1)OCO2)N1CCc2cnc(N3CCN(C4=CCC4)CC3)nc2CC1. The quantitative estimate of drug-likeness (QED) is 0.651. The standard InChI is InChI=1S/C26H29N5O3/c32-25(7-5-19-4-6-23-24(16-19)34-18-33-23)30-10-8-20-17-27-26(28-22(20)9-11-30)31-14-12-29(13-15-31)21-2-1-3-21/h2,4-7,16-17H,1,3,8-15,18H2/b7-5+. The molecule has 176 valence electrons. The number of ether oxygens (including phenoxy) is 2. The number of allylic oxidation sites excluding steroid dienone is 2. The fraction of sp³-hybridized carbons (Fsp3) is 0.423. The molecule has 8 heteroatoms. The van der Waals surface area contributed by atoms with E-state index in [0.717, 1.165) is 73.3 Å². The third kappa shape index (κ3) is 4.20. The molecule has 0 spiro atoms. The summed E-state index contributed by atoms with van der Waals surface area (Å²) >= 11 is 0. The van der Waals surface area contributed by atoms with Crippen LogP contribution in [0.3, 0.4) is 0 Å². The number of aromatic nitrogens is 2. The van der Waals surface area contributed by atoms with E-state index in [1.165, 1.54) is 18.5 Å². The second-order valence-electron chi connectivity index (χ2n) is 9.12. The number of hydrogen-bond donors (Lipinski definition) is 0. The van der Waals surface area contributed by atoms with Gasteiger partial charge in [0.25, 0.3) is 0 Å². The minimum absolute atomic E-state index is 0.0140. The second kappa shape index (κ2) is 9.00. The molecule has 4 aliphatic rings. The first-order valence-electron chi connectivity index (χ1n) is 12.1. The van der Waals surface area contributed by atoms with Gasteiger partial charge in [-0.3, -0.25) is 4.79 Å². The van der Waals surface area contributed by atoms with Crippen LogP contribution in [0.25, 0.3) is 6.08 Å². The van der Waals surface area contributed by atoms with Crippen molar-refractivity contribution in [1.29, 1.82) is 0 Å². The molecule has 0 unspecified atom stereocenters. The molecule has 1 saturated heterocycles. The molecular weight excluding hydrogens is 430 g/mol. The van der Waals surface area contributed by atoms with Crippen molar-refractivity contribution in [1.82, 2.24) is 19.8 Å². The van der Waals surface area contributed by atoms with Gasteiger partial charge in [-0.1, -0.05) is 12.1 Å². The molecule has 0 saturated carbocycles. The van der Waals surface area contributed by atoms with Crippen LogP contribution in [-0.4, -0.2) is 71.7 Å². The van der Waals surface area contributed by atoms with Crippen molar-refractivity contribution in [2.45, 2.75) is 25.7 Å². The summed E-state index contributed by atoms with van der Waals surface area (Å²) < 4.78 is 10.8. The highest BCUT2D eigenvalue weighted by atomic mass is 16.7. The van der Waals surface area contributed by atoms with Crippen LogP contribution in [0, 0.1) is 0 Å². The number of amides is 1. The molecule has 8 nitrogen and oxygen atoms in total. The lowest BCUT2D eigenvalue weighted by Crippen LogP contribution is -2.47. The summed E-state index contributed by atoms with van der Waals surface area (Å²) in [7, 11) is 0. The fourth-order valence-corrected chi connectivity index (χ4v) is 4.88. The maximum atomic E-state index is 12.9. The van der Waals surface area contributed by atoms with Crippen molar-refractivity contribution in [3.05, 3.63) is 59.1 Å². The number of benzene rings is 1. The highest BCUT2D eigenvalue weighted by molar-refractivity contribution is 5.92. The van der Waals surface area contributed by atoms with Crippen LogP contribution >= 0.6 is 0 Å². The largest absolute Gasteiger partial charge is 0.454 e. The Balaban J connectivity index is 1.07. The van der Waals surface area contributed by atoms with E-state index in [0.29, 0.717) is 13.1 Å². The van der Waals surface area contributed by atoms with Gasteiger partial charge in [-0.05, 0) is 48.6 Å². The Hall–Kier alpha value is -3.55. The third-order valence-corrected chi connectivity index (χ3v) is 7.09. The van der Waals surface area contributed by atoms with Crippen molar-refractivity contribution in [3.63, 3.8) is 0 Å². The summed E-state index contributed by atoms with van der Waals surface area (Å²) in [6.45, 7) is 5.55. The summed E-state index contributed by atoms with van der Waals surface area (Å²) in [6.07, 6.45) is 11.7. The predicted octanol–water partition coefficient (Wildman–Crippen LogP) is 2.65. The average molecular weight is 460 g/mol. The van der Waals surface area contributed by atoms with E-state index >= 15 is 0 Å². The fourth-order valence-electron chi connectivity index (χ4n) is 4.88. The Kier molecular flexibility index (Phi) is 5.57. The molecule has 0 bridgehead atoms. The van der Waals surface area contributed by atoms with Crippen molar-refractivity contribution < 1.29 is 14.3 Å². The van der Waals surface area contributed by atoms with Gasteiger partial charge in [0.05, 0.1) is 5.69 Å². The highest BCUT2D eigenvalue weighted by Crippen LogP contribution is 2.33. The summed E-state index contributed by atoms with van der Waals surface area (Å²) in [4.78, 5) is 29.1. The maximum absolute atomic E-state index is 12.9. The zero-order valence-electron chi connectivity index (χ0n) is 19.3. The zero-order chi connectivity index (χ0) is 22.9.